The lowest BCUT2D eigenvalue weighted by atomic mass is 9.89. The third-order valence-corrected chi connectivity index (χ3v) is 10.9. The van der Waals surface area contributed by atoms with Crippen LogP contribution in [0, 0.1) is 0 Å². The van der Waals surface area contributed by atoms with Crippen LogP contribution in [0.2, 0.25) is 18.1 Å². The highest BCUT2D eigenvalue weighted by Crippen LogP contribution is 2.38. The van der Waals surface area contributed by atoms with Gasteiger partial charge in [0.1, 0.15) is 0 Å². The first-order valence-corrected chi connectivity index (χ1v) is 13.3. The van der Waals surface area contributed by atoms with Crippen LogP contribution in [0.3, 0.4) is 0 Å². The smallest absolute Gasteiger partial charge is 0.251 e. The Morgan fingerprint density at radius 2 is 1.61 bits per heavy atom. The summed E-state index contributed by atoms with van der Waals surface area (Å²) in [5, 5.41) is 3.32. The second-order valence-electron chi connectivity index (χ2n) is 9.26. The van der Waals surface area contributed by atoms with Gasteiger partial charge in [-0.25, -0.2) is 0 Å². The van der Waals surface area contributed by atoms with Crippen LogP contribution >= 0.6 is 15.9 Å². The third kappa shape index (κ3) is 5.34. The van der Waals surface area contributed by atoms with Gasteiger partial charge in [0.15, 0.2) is 8.32 Å². The number of rotatable bonds is 6. The molecule has 0 aliphatic carbocycles. The molecule has 1 N–H and O–H groups in total. The molecular formula is C23H32BrNO2Si. The Morgan fingerprint density at radius 3 is 2.18 bits per heavy atom. The van der Waals surface area contributed by atoms with E-state index >= 15 is 0 Å². The van der Waals surface area contributed by atoms with Crippen molar-refractivity contribution in [3.63, 3.8) is 0 Å². The van der Waals surface area contributed by atoms with Crippen molar-refractivity contribution in [2.45, 2.75) is 64.9 Å². The molecule has 1 amide bonds. The summed E-state index contributed by atoms with van der Waals surface area (Å²) in [6.07, 6.45) is 0. The van der Waals surface area contributed by atoms with Crippen LogP contribution < -0.4 is 5.32 Å². The first kappa shape index (κ1) is 22.9. The maximum absolute atomic E-state index is 12.7. The van der Waals surface area contributed by atoms with Crippen molar-refractivity contribution in [2.24, 2.45) is 0 Å². The van der Waals surface area contributed by atoms with Crippen LogP contribution in [0.1, 0.15) is 56.1 Å². The summed E-state index contributed by atoms with van der Waals surface area (Å²) in [6.45, 7) is 15.8. The van der Waals surface area contributed by atoms with Gasteiger partial charge in [-0.1, -0.05) is 67.0 Å². The number of nitrogens with one attached hydrogen (secondary N) is 1. The molecule has 2 aromatic carbocycles. The van der Waals surface area contributed by atoms with Crippen molar-refractivity contribution in [3.05, 3.63) is 69.7 Å². The predicted molar refractivity (Wildman–Crippen MR) is 123 cm³/mol. The fourth-order valence-electron chi connectivity index (χ4n) is 2.77. The zero-order valence-corrected chi connectivity index (χ0v) is 20.6. The second-order valence-corrected chi connectivity index (χ2v) is 14.9. The number of carbonyl (C=O) groups is 1. The molecule has 0 atom stereocenters. The van der Waals surface area contributed by atoms with Gasteiger partial charge >= 0.3 is 0 Å². The topological polar surface area (TPSA) is 38.3 Å². The molecule has 0 radical (unpaired) electrons. The third-order valence-electron chi connectivity index (χ3n) is 5.64. The number of carbonyl (C=O) groups excluding carboxylic acids is 1. The van der Waals surface area contributed by atoms with E-state index in [2.05, 4.69) is 61.2 Å². The quantitative estimate of drug-likeness (QED) is 0.489. The molecule has 2 aromatic rings. The van der Waals surface area contributed by atoms with Gasteiger partial charge in [0.2, 0.25) is 0 Å². The number of halogens is 1. The van der Waals surface area contributed by atoms with Gasteiger partial charge in [-0.05, 0) is 61.3 Å². The molecule has 0 unspecified atom stereocenters. The van der Waals surface area contributed by atoms with E-state index in [1.54, 1.807) is 0 Å². The summed E-state index contributed by atoms with van der Waals surface area (Å²) in [5.74, 6) is -0.0816. The van der Waals surface area contributed by atoms with Crippen LogP contribution in [-0.4, -0.2) is 14.2 Å². The first-order valence-electron chi connectivity index (χ1n) is 9.64. The van der Waals surface area contributed by atoms with Crippen LogP contribution in [0.5, 0.6) is 0 Å². The summed E-state index contributed by atoms with van der Waals surface area (Å²) in [5.41, 5.74) is 2.27. The van der Waals surface area contributed by atoms with Crippen molar-refractivity contribution in [2.75, 3.05) is 0 Å². The van der Waals surface area contributed by atoms with Crippen LogP contribution in [-0.2, 0) is 16.6 Å². The molecule has 152 valence electrons. The molecule has 0 saturated heterocycles. The normalized spacial score (nSPS) is 12.7. The SMILES string of the molecule is CC(C)(NC(=O)c1ccccc1)c1cccc(Br)c1CO[Si](C)(C)C(C)(C)C. The predicted octanol–water partition coefficient (Wildman–Crippen LogP) is 6.64. The van der Waals surface area contributed by atoms with E-state index in [9.17, 15) is 4.79 Å². The molecule has 0 aliphatic heterocycles. The molecule has 28 heavy (non-hydrogen) atoms. The Kier molecular flexibility index (Phi) is 6.95. The van der Waals surface area contributed by atoms with Crippen molar-refractivity contribution < 1.29 is 9.22 Å². The molecule has 0 spiro atoms. The highest BCUT2D eigenvalue weighted by atomic mass is 79.9. The number of amides is 1. The molecular weight excluding hydrogens is 430 g/mol. The van der Waals surface area contributed by atoms with Crippen LogP contribution in [0.4, 0.5) is 0 Å². The highest BCUT2D eigenvalue weighted by Gasteiger charge is 2.37. The minimum atomic E-state index is -1.89. The Balaban J connectivity index is 2.30. The number of hydrogen-bond donors (Lipinski definition) is 1. The zero-order chi connectivity index (χ0) is 21.2. The monoisotopic (exact) mass is 461 g/mol. The summed E-state index contributed by atoms with van der Waals surface area (Å²) >= 11 is 3.69. The van der Waals surface area contributed by atoms with Crippen LogP contribution in [0.15, 0.2) is 53.0 Å². The van der Waals surface area contributed by atoms with Gasteiger partial charge in [-0.2, -0.15) is 0 Å². The summed E-state index contributed by atoms with van der Waals surface area (Å²) in [4.78, 5) is 12.7. The molecule has 3 nitrogen and oxygen atoms in total. The average molecular weight is 463 g/mol. The summed E-state index contributed by atoms with van der Waals surface area (Å²) in [7, 11) is -1.89. The largest absolute Gasteiger partial charge is 0.413 e. The highest BCUT2D eigenvalue weighted by molar-refractivity contribution is 9.10. The fourth-order valence-corrected chi connectivity index (χ4v) is 4.19. The van der Waals surface area contributed by atoms with Gasteiger partial charge in [0.05, 0.1) is 12.1 Å². The fraction of sp³-hybridized carbons (Fsp3) is 0.435. The molecule has 5 heteroatoms. The van der Waals surface area contributed by atoms with Crippen molar-refractivity contribution in [1.29, 1.82) is 0 Å². The minimum Gasteiger partial charge on any atom is -0.413 e. The molecule has 0 fully saturated rings. The van der Waals surface area contributed by atoms with E-state index in [-0.39, 0.29) is 10.9 Å². The molecule has 0 heterocycles. The van der Waals surface area contributed by atoms with Crippen LogP contribution in [0.25, 0.3) is 0 Å². The summed E-state index contributed by atoms with van der Waals surface area (Å²) < 4.78 is 7.49. The maximum atomic E-state index is 12.7. The molecule has 0 bridgehead atoms. The van der Waals surface area contributed by atoms with E-state index < -0.39 is 13.9 Å². The first-order chi connectivity index (χ1) is 12.8. The van der Waals surface area contributed by atoms with Gasteiger partial charge < -0.3 is 9.74 Å². The van der Waals surface area contributed by atoms with E-state index in [1.165, 1.54) is 0 Å². The Hall–Kier alpha value is -1.43. The lowest BCUT2D eigenvalue weighted by Crippen LogP contribution is -2.43. The van der Waals surface area contributed by atoms with E-state index in [4.69, 9.17) is 4.43 Å². The second kappa shape index (κ2) is 8.52. The van der Waals surface area contributed by atoms with Gasteiger partial charge in [-0.15, -0.1) is 0 Å². The molecule has 0 aromatic heterocycles. The van der Waals surface area contributed by atoms with E-state index in [0.29, 0.717) is 12.2 Å². The Labute approximate surface area is 179 Å². The number of benzene rings is 2. The molecule has 0 saturated carbocycles. The minimum absolute atomic E-state index is 0.0816. The Bertz CT molecular complexity index is 826. The molecule has 0 aliphatic rings. The van der Waals surface area contributed by atoms with Gasteiger partial charge in [-0.3, -0.25) is 4.79 Å². The maximum Gasteiger partial charge on any atom is 0.251 e. The van der Waals surface area contributed by atoms with E-state index in [1.807, 2.05) is 56.3 Å². The van der Waals surface area contributed by atoms with Crippen molar-refractivity contribution >= 4 is 30.2 Å². The lowest BCUT2D eigenvalue weighted by Gasteiger charge is -2.37. The standard InChI is InChI=1S/C23H32BrNO2Si/c1-22(2,3)28(6,7)27-16-18-19(14-11-15-20(18)24)23(4,5)25-21(26)17-12-9-8-10-13-17/h8-15H,16H2,1-7H3,(H,25,26). The Morgan fingerprint density at radius 1 is 1.00 bits per heavy atom. The van der Waals surface area contributed by atoms with Crippen molar-refractivity contribution in [1.82, 2.24) is 5.32 Å². The molecule has 2 rings (SSSR count). The lowest BCUT2D eigenvalue weighted by molar-refractivity contribution is 0.0911. The van der Waals surface area contributed by atoms with Gasteiger partial charge in [0, 0.05) is 10.0 Å². The average Bonchev–Trinajstić information content (AvgIpc) is 2.60. The summed E-state index contributed by atoms with van der Waals surface area (Å²) in [6, 6.07) is 15.4. The van der Waals surface area contributed by atoms with Gasteiger partial charge in [0.25, 0.3) is 5.91 Å². The van der Waals surface area contributed by atoms with E-state index in [0.717, 1.165) is 15.6 Å². The number of hydrogen-bond acceptors (Lipinski definition) is 2. The zero-order valence-electron chi connectivity index (χ0n) is 18.0. The van der Waals surface area contributed by atoms with Crippen molar-refractivity contribution in [3.8, 4) is 0 Å².